The number of carbonyl (C=O) groups is 1. The second-order valence-electron chi connectivity index (χ2n) is 5.34. The van der Waals surface area contributed by atoms with E-state index in [1.54, 1.807) is 18.2 Å². The van der Waals surface area contributed by atoms with Crippen LogP contribution in [0.5, 0.6) is 0 Å². The number of halogens is 1. The van der Waals surface area contributed by atoms with Gasteiger partial charge in [0.1, 0.15) is 11.5 Å². The maximum atomic E-state index is 13.8. The van der Waals surface area contributed by atoms with Gasteiger partial charge in [-0.2, -0.15) is 0 Å². The summed E-state index contributed by atoms with van der Waals surface area (Å²) >= 11 is 0. The van der Waals surface area contributed by atoms with Gasteiger partial charge in [-0.15, -0.1) is 0 Å². The van der Waals surface area contributed by atoms with Crippen molar-refractivity contribution in [3.8, 4) is 0 Å². The maximum absolute atomic E-state index is 13.8. The summed E-state index contributed by atoms with van der Waals surface area (Å²) in [5, 5.41) is 0. The standard InChI is InChI=1S/C16H19FN2O/c1-10-9-19-15(16(18)20)8-13(11(10)2)7-12-5-3-4-6-14(12)17/h3-6,8,10-11H,7,9H2,1-2H3,(H2,18,20). The average Bonchev–Trinajstić information content (AvgIpc) is 2.55. The van der Waals surface area contributed by atoms with Crippen molar-refractivity contribution in [1.29, 1.82) is 0 Å². The number of allylic oxidation sites excluding steroid dienone is 1. The molecule has 0 saturated heterocycles. The quantitative estimate of drug-likeness (QED) is 0.904. The minimum Gasteiger partial charge on any atom is -0.364 e. The second kappa shape index (κ2) is 5.99. The normalized spacial score (nSPS) is 22.8. The Morgan fingerprint density at radius 2 is 2.10 bits per heavy atom. The highest BCUT2D eigenvalue weighted by Gasteiger charge is 2.22. The number of hydrogen-bond donors (Lipinski definition) is 1. The first-order valence-electron chi connectivity index (χ1n) is 6.77. The Kier molecular flexibility index (Phi) is 4.32. The lowest BCUT2D eigenvalue weighted by Gasteiger charge is -2.20. The zero-order valence-electron chi connectivity index (χ0n) is 11.8. The van der Waals surface area contributed by atoms with Crippen LogP contribution in [0.4, 0.5) is 4.39 Å². The van der Waals surface area contributed by atoms with Crippen molar-refractivity contribution in [2.24, 2.45) is 22.6 Å². The second-order valence-corrected chi connectivity index (χ2v) is 5.34. The van der Waals surface area contributed by atoms with Crippen molar-refractivity contribution in [3.63, 3.8) is 0 Å². The van der Waals surface area contributed by atoms with Gasteiger partial charge in [0.25, 0.3) is 5.91 Å². The van der Waals surface area contributed by atoms with E-state index in [0.29, 0.717) is 24.4 Å². The minimum absolute atomic E-state index is 0.227. The van der Waals surface area contributed by atoms with Crippen LogP contribution in [-0.2, 0) is 11.2 Å². The van der Waals surface area contributed by atoms with Gasteiger partial charge in [-0.05, 0) is 36.0 Å². The van der Waals surface area contributed by atoms with E-state index in [1.165, 1.54) is 6.07 Å². The number of nitrogens with zero attached hydrogens (tertiary/aromatic N) is 1. The molecule has 4 heteroatoms. The van der Waals surface area contributed by atoms with E-state index >= 15 is 0 Å². The molecule has 3 nitrogen and oxygen atoms in total. The Morgan fingerprint density at radius 1 is 1.40 bits per heavy atom. The Hall–Kier alpha value is -1.97. The molecule has 0 aliphatic carbocycles. The molecule has 0 bridgehead atoms. The average molecular weight is 274 g/mol. The van der Waals surface area contributed by atoms with E-state index in [9.17, 15) is 9.18 Å². The van der Waals surface area contributed by atoms with E-state index in [4.69, 9.17) is 5.73 Å². The first kappa shape index (κ1) is 14.4. The SMILES string of the molecule is CC1CN=C(C(N)=O)C=C(Cc2ccccc2F)C1C. The number of carbonyl (C=O) groups excluding carboxylic acids is 1. The predicted molar refractivity (Wildman–Crippen MR) is 78.0 cm³/mol. The molecule has 0 spiro atoms. The summed E-state index contributed by atoms with van der Waals surface area (Å²) in [7, 11) is 0. The van der Waals surface area contributed by atoms with Gasteiger partial charge >= 0.3 is 0 Å². The van der Waals surface area contributed by atoms with Gasteiger partial charge < -0.3 is 5.73 Å². The Labute approximate surface area is 118 Å². The third-order valence-electron chi connectivity index (χ3n) is 3.92. The number of hydrogen-bond acceptors (Lipinski definition) is 2. The zero-order valence-corrected chi connectivity index (χ0v) is 11.8. The molecule has 2 atom stereocenters. The molecule has 0 radical (unpaired) electrons. The maximum Gasteiger partial charge on any atom is 0.266 e. The number of nitrogens with two attached hydrogens (primary N) is 1. The van der Waals surface area contributed by atoms with E-state index in [0.717, 1.165) is 5.57 Å². The number of aliphatic imine (C=N–C) groups is 1. The van der Waals surface area contributed by atoms with Crippen LogP contribution in [0.15, 0.2) is 40.9 Å². The highest BCUT2D eigenvalue weighted by Crippen LogP contribution is 2.27. The zero-order chi connectivity index (χ0) is 14.7. The third kappa shape index (κ3) is 3.13. The van der Waals surface area contributed by atoms with Crippen LogP contribution in [0, 0.1) is 17.7 Å². The van der Waals surface area contributed by atoms with Crippen molar-refractivity contribution in [2.75, 3.05) is 6.54 Å². The van der Waals surface area contributed by atoms with Crippen LogP contribution in [0.25, 0.3) is 0 Å². The molecule has 0 fully saturated rings. The molecule has 2 unspecified atom stereocenters. The first-order valence-corrected chi connectivity index (χ1v) is 6.77. The lowest BCUT2D eigenvalue weighted by atomic mass is 9.85. The molecular formula is C16H19FN2O. The molecule has 2 rings (SSSR count). The van der Waals surface area contributed by atoms with Gasteiger partial charge in [-0.25, -0.2) is 4.39 Å². The van der Waals surface area contributed by atoms with Gasteiger partial charge in [0.05, 0.1) is 0 Å². The topological polar surface area (TPSA) is 55.4 Å². The van der Waals surface area contributed by atoms with Crippen LogP contribution in [0.2, 0.25) is 0 Å². The van der Waals surface area contributed by atoms with E-state index in [-0.39, 0.29) is 17.4 Å². The van der Waals surface area contributed by atoms with Crippen molar-refractivity contribution in [3.05, 3.63) is 47.3 Å². The lowest BCUT2D eigenvalue weighted by molar-refractivity contribution is -0.111. The molecule has 0 saturated carbocycles. The third-order valence-corrected chi connectivity index (χ3v) is 3.92. The summed E-state index contributed by atoms with van der Waals surface area (Å²) in [5.41, 5.74) is 7.24. The number of primary amides is 1. The smallest absolute Gasteiger partial charge is 0.266 e. The first-order chi connectivity index (χ1) is 9.49. The lowest BCUT2D eigenvalue weighted by Crippen LogP contribution is -2.22. The van der Waals surface area contributed by atoms with E-state index in [2.05, 4.69) is 18.8 Å². The minimum atomic E-state index is -0.530. The predicted octanol–water partition coefficient (Wildman–Crippen LogP) is 2.51. The van der Waals surface area contributed by atoms with Crippen molar-refractivity contribution < 1.29 is 9.18 Å². The van der Waals surface area contributed by atoms with E-state index in [1.807, 2.05) is 6.07 Å². The molecule has 20 heavy (non-hydrogen) atoms. The molecule has 1 aromatic rings. The Balaban J connectivity index is 2.34. The fraction of sp³-hybridized carbons (Fsp3) is 0.375. The molecule has 1 aliphatic rings. The number of benzene rings is 1. The van der Waals surface area contributed by atoms with Crippen LogP contribution >= 0.6 is 0 Å². The molecule has 1 heterocycles. The van der Waals surface area contributed by atoms with Crippen LogP contribution in [0.3, 0.4) is 0 Å². The van der Waals surface area contributed by atoms with Crippen molar-refractivity contribution in [1.82, 2.24) is 0 Å². The summed E-state index contributed by atoms with van der Waals surface area (Å²) < 4.78 is 13.8. The highest BCUT2D eigenvalue weighted by atomic mass is 19.1. The molecule has 1 aliphatic heterocycles. The van der Waals surface area contributed by atoms with Gasteiger partial charge in [0, 0.05) is 6.54 Å². The molecule has 106 valence electrons. The fourth-order valence-corrected chi connectivity index (χ4v) is 2.34. The molecule has 0 aromatic heterocycles. The Bertz CT molecular complexity index is 578. The van der Waals surface area contributed by atoms with E-state index < -0.39 is 5.91 Å². The summed E-state index contributed by atoms with van der Waals surface area (Å²) in [5.74, 6) is -0.229. The largest absolute Gasteiger partial charge is 0.364 e. The summed E-state index contributed by atoms with van der Waals surface area (Å²) in [6.45, 7) is 4.72. The molecule has 1 amide bonds. The fourth-order valence-electron chi connectivity index (χ4n) is 2.34. The van der Waals surface area contributed by atoms with Crippen LogP contribution in [-0.4, -0.2) is 18.2 Å². The summed E-state index contributed by atoms with van der Waals surface area (Å²) in [6.07, 6.45) is 2.20. The summed E-state index contributed by atoms with van der Waals surface area (Å²) in [4.78, 5) is 15.6. The van der Waals surface area contributed by atoms with Crippen molar-refractivity contribution in [2.45, 2.75) is 20.3 Å². The monoisotopic (exact) mass is 274 g/mol. The Morgan fingerprint density at radius 3 is 2.75 bits per heavy atom. The van der Waals surface area contributed by atoms with Gasteiger partial charge in [-0.3, -0.25) is 9.79 Å². The van der Waals surface area contributed by atoms with Gasteiger partial charge in [-0.1, -0.05) is 37.6 Å². The molecule has 2 N–H and O–H groups in total. The van der Waals surface area contributed by atoms with Crippen molar-refractivity contribution >= 4 is 11.6 Å². The number of amides is 1. The van der Waals surface area contributed by atoms with Crippen LogP contribution < -0.4 is 5.73 Å². The molecule has 1 aromatic carbocycles. The van der Waals surface area contributed by atoms with Crippen LogP contribution in [0.1, 0.15) is 19.4 Å². The van der Waals surface area contributed by atoms with Gasteiger partial charge in [0.2, 0.25) is 0 Å². The molecular weight excluding hydrogens is 255 g/mol. The summed E-state index contributed by atoms with van der Waals surface area (Å²) in [6, 6.07) is 6.69. The number of rotatable bonds is 3. The van der Waals surface area contributed by atoms with Gasteiger partial charge in [0.15, 0.2) is 0 Å². The highest BCUT2D eigenvalue weighted by molar-refractivity contribution is 6.43.